The highest BCUT2D eigenvalue weighted by atomic mass is 32.2. The van der Waals surface area contributed by atoms with Crippen molar-refractivity contribution in [3.8, 4) is 17.6 Å². The van der Waals surface area contributed by atoms with Crippen molar-refractivity contribution in [2.45, 2.75) is 6.92 Å². The van der Waals surface area contributed by atoms with Crippen LogP contribution >= 0.6 is 11.8 Å². The van der Waals surface area contributed by atoms with Crippen LogP contribution in [0.4, 0.5) is 10.5 Å². The van der Waals surface area contributed by atoms with Crippen LogP contribution in [-0.4, -0.2) is 72.8 Å². The third-order valence-electron chi connectivity index (χ3n) is 5.78. The van der Waals surface area contributed by atoms with E-state index in [0.29, 0.717) is 49.8 Å². The van der Waals surface area contributed by atoms with Gasteiger partial charge >= 0.3 is 0 Å². The second-order valence-corrected chi connectivity index (χ2v) is 9.05. The van der Waals surface area contributed by atoms with E-state index in [2.05, 4.69) is 4.90 Å². The molecule has 2 aliphatic heterocycles. The Morgan fingerprint density at radius 1 is 1.06 bits per heavy atom. The fourth-order valence-corrected chi connectivity index (χ4v) is 4.83. The Kier molecular flexibility index (Phi) is 8.13. The highest BCUT2D eigenvalue weighted by molar-refractivity contribution is 8.18. The van der Waals surface area contributed by atoms with Crippen molar-refractivity contribution < 1.29 is 23.9 Å². The monoisotopic (exact) mass is 506 g/mol. The lowest BCUT2D eigenvalue weighted by Gasteiger charge is -2.36. The van der Waals surface area contributed by atoms with Crippen molar-refractivity contribution in [3.63, 3.8) is 0 Å². The molecule has 36 heavy (non-hydrogen) atoms. The minimum atomic E-state index is -0.496. The molecular formula is C26H26N4O5S. The maximum Gasteiger partial charge on any atom is 0.294 e. The smallest absolute Gasteiger partial charge is 0.294 e. The number of nitrogens with zero attached hydrogens (tertiary/aromatic N) is 4. The Balaban J connectivity index is 1.39. The lowest BCUT2D eigenvalue weighted by molar-refractivity contribution is -0.136. The van der Waals surface area contributed by atoms with E-state index >= 15 is 0 Å². The number of rotatable bonds is 8. The molecule has 2 aromatic carbocycles. The molecule has 0 bridgehead atoms. The zero-order valence-corrected chi connectivity index (χ0v) is 20.7. The molecule has 9 nitrogen and oxygen atoms in total. The van der Waals surface area contributed by atoms with E-state index < -0.39 is 11.1 Å². The van der Waals surface area contributed by atoms with E-state index in [1.54, 1.807) is 29.2 Å². The van der Waals surface area contributed by atoms with E-state index in [0.717, 1.165) is 22.3 Å². The fraction of sp³-hybridized carbons (Fsp3) is 0.308. The molecule has 4 rings (SSSR count). The van der Waals surface area contributed by atoms with E-state index in [1.807, 2.05) is 43.3 Å². The predicted octanol–water partition coefficient (Wildman–Crippen LogP) is 3.37. The molecular weight excluding hydrogens is 480 g/mol. The van der Waals surface area contributed by atoms with E-state index in [1.165, 1.54) is 0 Å². The number of ether oxygens (including phenoxy) is 2. The predicted molar refractivity (Wildman–Crippen MR) is 137 cm³/mol. The number of carbonyl (C=O) groups excluding carboxylic acids is 3. The van der Waals surface area contributed by atoms with Crippen LogP contribution in [0, 0.1) is 11.3 Å². The summed E-state index contributed by atoms with van der Waals surface area (Å²) in [6.45, 7) is 4.25. The van der Waals surface area contributed by atoms with Gasteiger partial charge in [0.15, 0.2) is 18.1 Å². The topological polar surface area (TPSA) is 103 Å². The van der Waals surface area contributed by atoms with Gasteiger partial charge in [-0.3, -0.25) is 19.3 Å². The second kappa shape index (κ2) is 11.6. The number of thioether (sulfide) groups is 1. The van der Waals surface area contributed by atoms with Crippen LogP contribution in [0.3, 0.4) is 0 Å². The molecule has 2 fully saturated rings. The molecule has 0 radical (unpaired) electrons. The first kappa shape index (κ1) is 25.1. The van der Waals surface area contributed by atoms with Crippen molar-refractivity contribution in [1.82, 2.24) is 9.80 Å². The highest BCUT2D eigenvalue weighted by Gasteiger charge is 2.37. The number of carbonyl (C=O) groups is 3. The van der Waals surface area contributed by atoms with E-state index in [9.17, 15) is 14.4 Å². The second-order valence-electron chi connectivity index (χ2n) is 8.06. The Morgan fingerprint density at radius 2 is 1.81 bits per heavy atom. The molecule has 0 aromatic heterocycles. The summed E-state index contributed by atoms with van der Waals surface area (Å²) in [5, 5.41) is 8.27. The van der Waals surface area contributed by atoms with Gasteiger partial charge in [0.2, 0.25) is 5.91 Å². The summed E-state index contributed by atoms with van der Waals surface area (Å²) in [6.07, 6.45) is 1.59. The van der Waals surface area contributed by atoms with E-state index in [4.69, 9.17) is 14.7 Å². The summed E-state index contributed by atoms with van der Waals surface area (Å²) < 4.78 is 10.9. The van der Waals surface area contributed by atoms with Crippen molar-refractivity contribution in [2.24, 2.45) is 0 Å². The van der Waals surface area contributed by atoms with Gasteiger partial charge in [-0.05, 0) is 54.6 Å². The molecule has 2 heterocycles. The fourth-order valence-electron chi connectivity index (χ4n) is 3.99. The summed E-state index contributed by atoms with van der Waals surface area (Å²) in [7, 11) is 0. The standard InChI is InChI=1S/C26H26N4O5S/c1-2-34-22-16-19(8-9-21(22)35-15-10-27)17-23-25(32)30(26(33)36-23)18-24(31)29-13-11-28(12-14-29)20-6-4-3-5-7-20/h3-9,16-17H,2,11-15,18H2,1H3/b23-17-. The number of nitriles is 1. The first-order chi connectivity index (χ1) is 17.5. The number of para-hydroxylation sites is 1. The summed E-state index contributed by atoms with van der Waals surface area (Å²) in [5.41, 5.74) is 1.74. The van der Waals surface area contributed by atoms with E-state index in [-0.39, 0.29) is 24.0 Å². The molecule has 0 aliphatic carbocycles. The average molecular weight is 507 g/mol. The number of amides is 3. The third-order valence-corrected chi connectivity index (χ3v) is 6.69. The lowest BCUT2D eigenvalue weighted by Crippen LogP contribution is -2.51. The number of anilines is 1. The Morgan fingerprint density at radius 3 is 2.50 bits per heavy atom. The van der Waals surface area contributed by atoms with Crippen LogP contribution < -0.4 is 14.4 Å². The number of hydrogen-bond acceptors (Lipinski definition) is 8. The normalized spacial score (nSPS) is 16.9. The quantitative estimate of drug-likeness (QED) is 0.502. The maximum atomic E-state index is 12.9. The van der Waals surface area contributed by atoms with Gasteiger partial charge in [0.05, 0.1) is 11.5 Å². The summed E-state index contributed by atoms with van der Waals surface area (Å²) in [5.74, 6) is 0.111. The molecule has 2 aromatic rings. The first-order valence-electron chi connectivity index (χ1n) is 11.6. The minimum Gasteiger partial charge on any atom is -0.490 e. The molecule has 2 aliphatic rings. The van der Waals surface area contributed by atoms with Crippen molar-refractivity contribution in [1.29, 1.82) is 5.26 Å². The summed E-state index contributed by atoms with van der Waals surface area (Å²) in [4.78, 5) is 43.5. The molecule has 0 saturated carbocycles. The van der Waals surface area contributed by atoms with Crippen LogP contribution in [0.15, 0.2) is 53.4 Å². The molecule has 10 heteroatoms. The third kappa shape index (κ3) is 5.80. The van der Waals surface area contributed by atoms with Crippen molar-refractivity contribution in [3.05, 3.63) is 59.0 Å². The molecule has 0 N–H and O–H groups in total. The largest absolute Gasteiger partial charge is 0.490 e. The van der Waals surface area contributed by atoms with Crippen LogP contribution in [0.2, 0.25) is 0 Å². The first-order valence-corrected chi connectivity index (χ1v) is 12.4. The van der Waals surface area contributed by atoms with Gasteiger partial charge in [0.1, 0.15) is 12.6 Å². The maximum absolute atomic E-state index is 12.9. The summed E-state index contributed by atoms with van der Waals surface area (Å²) in [6, 6.07) is 16.9. The Labute approximate surface area is 213 Å². The molecule has 0 atom stereocenters. The number of benzene rings is 2. The zero-order chi connectivity index (χ0) is 25.5. The van der Waals surface area contributed by atoms with Gasteiger partial charge in [-0.15, -0.1) is 0 Å². The van der Waals surface area contributed by atoms with Gasteiger partial charge in [0.25, 0.3) is 11.1 Å². The molecule has 3 amide bonds. The lowest BCUT2D eigenvalue weighted by atomic mass is 10.2. The van der Waals surface area contributed by atoms with Gasteiger partial charge in [-0.1, -0.05) is 24.3 Å². The van der Waals surface area contributed by atoms with Crippen molar-refractivity contribution in [2.75, 3.05) is 50.8 Å². The van der Waals surface area contributed by atoms with Crippen molar-refractivity contribution >= 4 is 40.6 Å². The highest BCUT2D eigenvalue weighted by Crippen LogP contribution is 2.34. The van der Waals surface area contributed by atoms with Crippen LogP contribution in [0.5, 0.6) is 11.5 Å². The molecule has 0 unspecified atom stereocenters. The molecule has 0 spiro atoms. The number of hydrogen-bond donors (Lipinski definition) is 0. The van der Waals surface area contributed by atoms with Crippen LogP contribution in [0.25, 0.3) is 6.08 Å². The Hall–Kier alpha value is -3.97. The Bertz CT molecular complexity index is 1200. The van der Waals surface area contributed by atoms with Gasteiger partial charge in [-0.2, -0.15) is 5.26 Å². The minimum absolute atomic E-state index is 0.117. The van der Waals surface area contributed by atoms with Gasteiger partial charge < -0.3 is 19.3 Å². The van der Waals surface area contributed by atoms with Crippen LogP contribution in [-0.2, 0) is 9.59 Å². The molecule has 186 valence electrons. The number of piperazine rings is 1. The van der Waals surface area contributed by atoms with Gasteiger partial charge in [-0.25, -0.2) is 0 Å². The number of imide groups is 1. The SMILES string of the molecule is CCOc1cc(/C=C2\SC(=O)N(CC(=O)N3CCN(c4ccccc4)CC3)C2=O)ccc1OCC#N. The van der Waals surface area contributed by atoms with Crippen LogP contribution in [0.1, 0.15) is 12.5 Å². The zero-order valence-electron chi connectivity index (χ0n) is 19.9. The van der Waals surface area contributed by atoms with Gasteiger partial charge in [0, 0.05) is 31.9 Å². The average Bonchev–Trinajstić information content (AvgIpc) is 3.16. The summed E-state index contributed by atoms with van der Waals surface area (Å²) >= 11 is 0.805. The molecule has 2 saturated heterocycles.